The monoisotopic (exact) mass is 274 g/mol. The van der Waals surface area contributed by atoms with Gasteiger partial charge in [0.15, 0.2) is 5.96 Å². The summed E-state index contributed by atoms with van der Waals surface area (Å²) in [5, 5.41) is 0. The van der Waals surface area contributed by atoms with Crippen LogP contribution in [-0.4, -0.2) is 42.6 Å². The first kappa shape index (κ1) is 12.1. The first-order valence-corrected chi connectivity index (χ1v) is 7.27. The quantitative estimate of drug-likeness (QED) is 0.842. The van der Waals surface area contributed by atoms with Crippen LogP contribution in [0, 0.1) is 11.7 Å². The smallest absolute Gasteiger partial charge is 0.196 e. The van der Waals surface area contributed by atoms with Crippen molar-refractivity contribution >= 4 is 11.6 Å². The summed E-state index contributed by atoms with van der Waals surface area (Å²) < 4.78 is 13.2. The van der Waals surface area contributed by atoms with Gasteiger partial charge in [-0.15, -0.1) is 0 Å². The minimum absolute atomic E-state index is 0.00884. The van der Waals surface area contributed by atoms with Gasteiger partial charge in [0.2, 0.25) is 0 Å². The number of rotatable bonds is 1. The number of nitrogens with zero attached hydrogens (tertiary/aromatic N) is 3. The van der Waals surface area contributed by atoms with E-state index < -0.39 is 0 Å². The molecule has 1 aromatic carbocycles. The van der Waals surface area contributed by atoms with Gasteiger partial charge < -0.3 is 15.5 Å². The van der Waals surface area contributed by atoms with Crippen molar-refractivity contribution in [2.45, 2.75) is 18.4 Å². The fraction of sp³-hybridized carbons (Fsp3) is 0.533. The lowest BCUT2D eigenvalue weighted by atomic mass is 9.77. The number of benzene rings is 1. The van der Waals surface area contributed by atoms with E-state index >= 15 is 0 Å². The summed E-state index contributed by atoms with van der Waals surface area (Å²) in [4.78, 5) is 9.21. The predicted molar refractivity (Wildman–Crippen MR) is 77.3 cm³/mol. The van der Waals surface area contributed by atoms with Gasteiger partial charge in [-0.1, -0.05) is 0 Å². The zero-order valence-corrected chi connectivity index (χ0v) is 11.4. The maximum Gasteiger partial charge on any atom is 0.196 e. The third-order valence-electron chi connectivity index (χ3n) is 5.17. The maximum absolute atomic E-state index is 13.2. The van der Waals surface area contributed by atoms with Gasteiger partial charge in [-0.2, -0.15) is 0 Å². The van der Waals surface area contributed by atoms with E-state index in [2.05, 4.69) is 14.8 Å². The number of piperidine rings is 1. The van der Waals surface area contributed by atoms with Crippen molar-refractivity contribution in [2.75, 3.05) is 31.1 Å². The van der Waals surface area contributed by atoms with Gasteiger partial charge >= 0.3 is 0 Å². The molecule has 2 saturated heterocycles. The topological polar surface area (TPSA) is 44.9 Å². The van der Waals surface area contributed by atoms with Gasteiger partial charge in [0.1, 0.15) is 5.82 Å². The van der Waals surface area contributed by atoms with Crippen LogP contribution in [0.25, 0.3) is 0 Å². The number of guanidine groups is 1. The van der Waals surface area contributed by atoms with Crippen LogP contribution in [0.3, 0.4) is 0 Å². The maximum atomic E-state index is 13.2. The molecule has 3 aliphatic heterocycles. The van der Waals surface area contributed by atoms with E-state index in [-0.39, 0.29) is 11.4 Å². The third-order valence-corrected chi connectivity index (χ3v) is 5.17. The Hall–Kier alpha value is -1.62. The molecule has 3 heterocycles. The molecule has 4 rings (SSSR count). The molecule has 0 amide bonds. The van der Waals surface area contributed by atoms with Crippen LogP contribution >= 0.6 is 0 Å². The van der Waals surface area contributed by atoms with Crippen molar-refractivity contribution in [3.63, 3.8) is 0 Å². The van der Waals surface area contributed by atoms with E-state index in [4.69, 9.17) is 5.73 Å². The van der Waals surface area contributed by atoms with Crippen molar-refractivity contribution < 1.29 is 4.39 Å². The second-order valence-corrected chi connectivity index (χ2v) is 6.13. The number of anilines is 1. The average Bonchev–Trinajstić information content (AvgIpc) is 3.00. The summed E-state index contributed by atoms with van der Waals surface area (Å²) in [5.74, 6) is 0.969. The highest BCUT2D eigenvalue weighted by molar-refractivity contribution is 5.98. The van der Waals surface area contributed by atoms with Crippen LogP contribution in [0.5, 0.6) is 0 Å². The molecular weight excluding hydrogens is 255 g/mol. The normalized spacial score (nSPS) is 35.6. The van der Waals surface area contributed by atoms with Crippen molar-refractivity contribution in [3.05, 3.63) is 30.1 Å². The van der Waals surface area contributed by atoms with Gasteiger partial charge in [-0.05, 0) is 49.6 Å². The van der Waals surface area contributed by atoms with Gasteiger partial charge in [0.05, 0.1) is 12.1 Å². The SMILES string of the molecule is NC1=NCC2(CCN3CCC2C3)N1c1ccc(F)cc1. The van der Waals surface area contributed by atoms with Crippen LogP contribution in [0.1, 0.15) is 12.8 Å². The molecular formula is C15H19FN4. The summed E-state index contributed by atoms with van der Waals surface area (Å²) >= 11 is 0. The van der Waals surface area contributed by atoms with E-state index in [0.29, 0.717) is 11.9 Å². The molecule has 5 heteroatoms. The van der Waals surface area contributed by atoms with Crippen LogP contribution < -0.4 is 10.6 Å². The number of hydrogen-bond donors (Lipinski definition) is 1. The first-order chi connectivity index (χ1) is 9.69. The third kappa shape index (κ3) is 1.59. The number of halogens is 1. The predicted octanol–water partition coefficient (Wildman–Crippen LogP) is 1.42. The summed E-state index contributed by atoms with van der Waals surface area (Å²) in [5.41, 5.74) is 7.13. The number of fused-ring (bicyclic) bond motifs is 3. The van der Waals surface area contributed by atoms with Gasteiger partial charge in [0, 0.05) is 18.8 Å². The van der Waals surface area contributed by atoms with Gasteiger partial charge in [-0.3, -0.25) is 4.99 Å². The minimum Gasteiger partial charge on any atom is -0.369 e. The lowest BCUT2D eigenvalue weighted by molar-refractivity contribution is 0.182. The lowest BCUT2D eigenvalue weighted by Crippen LogP contribution is -2.60. The van der Waals surface area contributed by atoms with Crippen LogP contribution in [0.4, 0.5) is 10.1 Å². The zero-order valence-electron chi connectivity index (χ0n) is 11.4. The second-order valence-electron chi connectivity index (χ2n) is 6.13. The summed E-state index contributed by atoms with van der Waals surface area (Å²) in [6, 6.07) is 6.62. The molecule has 2 N–H and O–H groups in total. The number of hydrogen-bond acceptors (Lipinski definition) is 4. The van der Waals surface area contributed by atoms with Crippen LogP contribution in [-0.2, 0) is 0 Å². The van der Waals surface area contributed by atoms with E-state index in [1.54, 1.807) is 0 Å². The molecule has 20 heavy (non-hydrogen) atoms. The Kier molecular flexibility index (Phi) is 2.54. The highest BCUT2D eigenvalue weighted by Crippen LogP contribution is 2.44. The molecule has 3 aliphatic rings. The fourth-order valence-corrected chi connectivity index (χ4v) is 4.10. The minimum atomic E-state index is -0.215. The fourth-order valence-electron chi connectivity index (χ4n) is 4.10. The Morgan fingerprint density at radius 2 is 2.05 bits per heavy atom. The zero-order chi connectivity index (χ0) is 13.7. The number of nitrogens with two attached hydrogens (primary N) is 1. The molecule has 0 radical (unpaired) electrons. The second kappa shape index (κ2) is 4.19. The van der Waals surface area contributed by atoms with Gasteiger partial charge in [0.25, 0.3) is 0 Å². The molecule has 0 aliphatic carbocycles. The highest BCUT2D eigenvalue weighted by Gasteiger charge is 2.53. The Labute approximate surface area is 118 Å². The Balaban J connectivity index is 1.75. The van der Waals surface area contributed by atoms with Crippen molar-refractivity contribution in [1.82, 2.24) is 4.90 Å². The summed E-state index contributed by atoms with van der Waals surface area (Å²) in [6.45, 7) is 4.20. The van der Waals surface area contributed by atoms with Gasteiger partial charge in [-0.25, -0.2) is 4.39 Å². The lowest BCUT2D eigenvalue weighted by Gasteiger charge is -2.46. The largest absolute Gasteiger partial charge is 0.369 e. The van der Waals surface area contributed by atoms with Crippen LogP contribution in [0.2, 0.25) is 0 Å². The molecule has 3 atom stereocenters. The summed E-state index contributed by atoms with van der Waals surface area (Å²) in [6.07, 6.45) is 2.29. The number of aliphatic imine (C=N–C) groups is 1. The Bertz CT molecular complexity index is 555. The Morgan fingerprint density at radius 1 is 1.25 bits per heavy atom. The molecule has 0 aromatic heterocycles. The highest BCUT2D eigenvalue weighted by atomic mass is 19.1. The van der Waals surface area contributed by atoms with E-state index in [0.717, 1.165) is 31.7 Å². The molecule has 2 bridgehead atoms. The standard InChI is InChI=1S/C15H19FN4/c16-12-1-3-13(4-2-12)20-14(17)18-10-15(20)6-8-19-7-5-11(15)9-19/h1-4,11H,5-10H2,(H2,17,18). The molecule has 3 unspecified atom stereocenters. The van der Waals surface area contributed by atoms with E-state index in [1.165, 1.54) is 25.1 Å². The van der Waals surface area contributed by atoms with Crippen molar-refractivity contribution in [3.8, 4) is 0 Å². The molecule has 1 spiro atoms. The summed E-state index contributed by atoms with van der Waals surface area (Å²) in [7, 11) is 0. The Morgan fingerprint density at radius 3 is 2.85 bits per heavy atom. The van der Waals surface area contributed by atoms with Crippen LogP contribution in [0.15, 0.2) is 29.3 Å². The van der Waals surface area contributed by atoms with E-state index in [1.807, 2.05) is 12.1 Å². The van der Waals surface area contributed by atoms with E-state index in [9.17, 15) is 4.39 Å². The first-order valence-electron chi connectivity index (χ1n) is 7.27. The average molecular weight is 274 g/mol. The molecule has 4 nitrogen and oxygen atoms in total. The molecule has 2 fully saturated rings. The molecule has 1 aromatic rings. The van der Waals surface area contributed by atoms with Crippen molar-refractivity contribution in [1.29, 1.82) is 0 Å². The van der Waals surface area contributed by atoms with Crippen molar-refractivity contribution in [2.24, 2.45) is 16.6 Å². The molecule has 106 valence electrons. The molecule has 0 saturated carbocycles.